The number of amides is 1. The van der Waals surface area contributed by atoms with Crippen LogP contribution in [-0.4, -0.2) is 56.3 Å². The lowest BCUT2D eigenvalue weighted by molar-refractivity contribution is -0.145. The number of hydrogen-bond acceptors (Lipinski definition) is 8. The number of carbonyl (C=O) groups is 3. The van der Waals surface area contributed by atoms with Gasteiger partial charge in [0.2, 0.25) is 0 Å². The van der Waals surface area contributed by atoms with Gasteiger partial charge in [-0.05, 0) is 50.6 Å². The zero-order valence-corrected chi connectivity index (χ0v) is 19.7. The summed E-state index contributed by atoms with van der Waals surface area (Å²) in [4.78, 5) is 37.9. The molecule has 0 aliphatic rings. The summed E-state index contributed by atoms with van der Waals surface area (Å²) in [5, 5.41) is 15.3. The normalized spacial score (nSPS) is 12.2. The van der Waals surface area contributed by atoms with Crippen LogP contribution in [0.2, 0.25) is 10.0 Å². The second kappa shape index (κ2) is 11.2. The molecule has 12 heteroatoms. The van der Waals surface area contributed by atoms with Crippen molar-refractivity contribution in [2.75, 3.05) is 6.61 Å². The molecule has 0 aliphatic heterocycles. The van der Waals surface area contributed by atoms with Crippen LogP contribution in [0.1, 0.15) is 45.5 Å². The van der Waals surface area contributed by atoms with Crippen LogP contribution in [0.3, 0.4) is 0 Å². The molecule has 1 aromatic carbocycles. The molecule has 0 radical (unpaired) electrons. The largest absolute Gasteiger partial charge is 0.466 e. The summed E-state index contributed by atoms with van der Waals surface area (Å²) in [6, 6.07) is 3.92. The number of nitrogens with one attached hydrogen (secondary N) is 1. The van der Waals surface area contributed by atoms with Gasteiger partial charge in [-0.15, -0.1) is 10.2 Å². The number of nitrogens with zero attached hydrogens (tertiary/aromatic N) is 4. The Hall–Kier alpha value is -2.72. The number of halogens is 2. The quantitative estimate of drug-likeness (QED) is 0.537. The Bertz CT molecular complexity index is 953. The van der Waals surface area contributed by atoms with E-state index in [4.69, 9.17) is 32.7 Å². The standard InChI is InChI=1S/C20H25Cl2N5O5/c1-5-31-18(29)10-15(23-19(30)32-20(2,3)4)16(28)11-27-25-17(24-26-27)9-12-13(21)7-6-8-14(12)22/h6-8,15H,5,9-11H2,1-4H3,(H,23,30). The number of benzene rings is 1. The van der Waals surface area contributed by atoms with Gasteiger partial charge in [0, 0.05) is 16.5 Å². The van der Waals surface area contributed by atoms with Crippen LogP contribution in [0, 0.1) is 0 Å². The molecule has 0 bridgehead atoms. The fourth-order valence-electron chi connectivity index (χ4n) is 2.60. The van der Waals surface area contributed by atoms with Crippen molar-refractivity contribution in [3.63, 3.8) is 0 Å². The first-order valence-electron chi connectivity index (χ1n) is 9.86. The number of aromatic nitrogens is 4. The molecule has 1 aromatic heterocycles. The van der Waals surface area contributed by atoms with E-state index >= 15 is 0 Å². The van der Waals surface area contributed by atoms with Crippen molar-refractivity contribution in [1.29, 1.82) is 0 Å². The number of tetrazole rings is 1. The fraction of sp³-hybridized carbons (Fsp3) is 0.500. The van der Waals surface area contributed by atoms with Gasteiger partial charge in [-0.3, -0.25) is 9.59 Å². The van der Waals surface area contributed by atoms with Crippen LogP contribution in [0.25, 0.3) is 0 Å². The van der Waals surface area contributed by atoms with Gasteiger partial charge in [0.15, 0.2) is 11.6 Å². The maximum absolute atomic E-state index is 12.8. The Kier molecular flexibility index (Phi) is 8.97. The first-order valence-corrected chi connectivity index (χ1v) is 10.6. The molecule has 0 spiro atoms. The van der Waals surface area contributed by atoms with Gasteiger partial charge >= 0.3 is 12.1 Å². The molecule has 1 heterocycles. The van der Waals surface area contributed by atoms with Gasteiger partial charge in [-0.2, -0.15) is 4.80 Å². The molecule has 2 rings (SSSR count). The van der Waals surface area contributed by atoms with Crippen molar-refractivity contribution >= 4 is 41.0 Å². The number of ether oxygens (including phenoxy) is 2. The number of rotatable bonds is 9. The Labute approximate surface area is 195 Å². The van der Waals surface area contributed by atoms with Gasteiger partial charge in [-0.1, -0.05) is 29.3 Å². The Morgan fingerprint density at radius 3 is 2.44 bits per heavy atom. The fourth-order valence-corrected chi connectivity index (χ4v) is 3.14. The van der Waals surface area contributed by atoms with Crippen LogP contribution in [0.4, 0.5) is 4.79 Å². The van der Waals surface area contributed by atoms with Gasteiger partial charge in [0.1, 0.15) is 18.2 Å². The number of ketones is 1. The predicted molar refractivity (Wildman–Crippen MR) is 116 cm³/mol. The van der Waals surface area contributed by atoms with Crippen LogP contribution in [0.5, 0.6) is 0 Å². The summed E-state index contributed by atoms with van der Waals surface area (Å²) >= 11 is 12.3. The Morgan fingerprint density at radius 2 is 1.84 bits per heavy atom. The van der Waals surface area contributed by atoms with Crippen molar-refractivity contribution in [2.45, 2.75) is 58.7 Å². The molecule has 174 valence electrons. The van der Waals surface area contributed by atoms with Gasteiger partial charge in [-0.25, -0.2) is 4.79 Å². The minimum absolute atomic E-state index is 0.144. The predicted octanol–water partition coefficient (Wildman–Crippen LogP) is 2.99. The van der Waals surface area contributed by atoms with E-state index in [9.17, 15) is 14.4 Å². The van der Waals surface area contributed by atoms with E-state index in [-0.39, 0.29) is 26.0 Å². The molecule has 1 atom stereocenters. The molecule has 32 heavy (non-hydrogen) atoms. The molecule has 2 aromatic rings. The molecule has 0 fully saturated rings. The molecule has 1 unspecified atom stereocenters. The lowest BCUT2D eigenvalue weighted by Crippen LogP contribution is -2.46. The molecule has 0 saturated heterocycles. The SMILES string of the molecule is CCOC(=O)CC(NC(=O)OC(C)(C)C)C(=O)Cn1nnc(Cc2c(Cl)cccc2Cl)n1. The van der Waals surface area contributed by atoms with E-state index in [2.05, 4.69) is 20.7 Å². The molecular weight excluding hydrogens is 461 g/mol. The Balaban J connectivity index is 2.09. The first-order chi connectivity index (χ1) is 15.0. The number of hydrogen-bond donors (Lipinski definition) is 1. The second-order valence-corrected chi connectivity index (χ2v) is 8.60. The molecular formula is C20H25Cl2N5O5. The van der Waals surface area contributed by atoms with Crippen molar-refractivity contribution in [3.8, 4) is 0 Å². The summed E-state index contributed by atoms with van der Waals surface area (Å²) in [5.74, 6) is -0.860. The molecule has 1 N–H and O–H groups in total. The number of carbonyl (C=O) groups excluding carboxylic acids is 3. The van der Waals surface area contributed by atoms with Crippen molar-refractivity contribution in [3.05, 3.63) is 39.6 Å². The third-order valence-corrected chi connectivity index (χ3v) is 4.65. The highest BCUT2D eigenvalue weighted by Crippen LogP contribution is 2.25. The minimum Gasteiger partial charge on any atom is -0.466 e. The average molecular weight is 486 g/mol. The molecule has 0 aliphatic carbocycles. The molecule has 0 saturated carbocycles. The summed E-state index contributed by atoms with van der Waals surface area (Å²) in [7, 11) is 0. The van der Waals surface area contributed by atoms with E-state index in [1.54, 1.807) is 45.9 Å². The maximum Gasteiger partial charge on any atom is 0.408 e. The van der Waals surface area contributed by atoms with Crippen molar-refractivity contribution in [1.82, 2.24) is 25.5 Å². The summed E-state index contributed by atoms with van der Waals surface area (Å²) in [6.07, 6.45) is -0.974. The van der Waals surface area contributed by atoms with Gasteiger partial charge < -0.3 is 14.8 Å². The lowest BCUT2D eigenvalue weighted by Gasteiger charge is -2.22. The maximum atomic E-state index is 12.8. The average Bonchev–Trinajstić information content (AvgIpc) is 3.10. The lowest BCUT2D eigenvalue weighted by atomic mass is 10.1. The van der Waals surface area contributed by atoms with Crippen LogP contribution in [-0.2, 0) is 32.0 Å². The van der Waals surface area contributed by atoms with Crippen LogP contribution < -0.4 is 5.32 Å². The number of alkyl carbamates (subject to hydrolysis) is 1. The highest BCUT2D eigenvalue weighted by atomic mass is 35.5. The summed E-state index contributed by atoms with van der Waals surface area (Å²) in [6.45, 7) is 6.50. The van der Waals surface area contributed by atoms with Crippen LogP contribution >= 0.6 is 23.2 Å². The molecule has 1 amide bonds. The summed E-state index contributed by atoms with van der Waals surface area (Å²) < 4.78 is 10.1. The summed E-state index contributed by atoms with van der Waals surface area (Å²) in [5.41, 5.74) is -0.141. The van der Waals surface area contributed by atoms with E-state index < -0.39 is 29.5 Å². The minimum atomic E-state index is -1.18. The monoisotopic (exact) mass is 485 g/mol. The zero-order valence-electron chi connectivity index (χ0n) is 18.2. The highest BCUT2D eigenvalue weighted by molar-refractivity contribution is 6.36. The second-order valence-electron chi connectivity index (χ2n) is 7.79. The first kappa shape index (κ1) is 25.5. The van der Waals surface area contributed by atoms with Gasteiger partial charge in [0.25, 0.3) is 0 Å². The van der Waals surface area contributed by atoms with E-state index in [0.29, 0.717) is 21.4 Å². The zero-order chi connectivity index (χ0) is 23.9. The Morgan fingerprint density at radius 1 is 1.19 bits per heavy atom. The number of Topliss-reactive ketones (excluding diaryl/α,β-unsaturated/α-hetero) is 1. The number of esters is 1. The van der Waals surface area contributed by atoms with E-state index in [0.717, 1.165) is 4.80 Å². The smallest absolute Gasteiger partial charge is 0.408 e. The van der Waals surface area contributed by atoms with E-state index in [1.165, 1.54) is 0 Å². The van der Waals surface area contributed by atoms with Gasteiger partial charge in [0.05, 0.1) is 13.0 Å². The highest BCUT2D eigenvalue weighted by Gasteiger charge is 2.28. The van der Waals surface area contributed by atoms with E-state index in [1.807, 2.05) is 0 Å². The van der Waals surface area contributed by atoms with Crippen molar-refractivity contribution < 1.29 is 23.9 Å². The third kappa shape index (κ3) is 8.08. The topological polar surface area (TPSA) is 125 Å². The molecule has 10 nitrogen and oxygen atoms in total. The van der Waals surface area contributed by atoms with Crippen molar-refractivity contribution in [2.24, 2.45) is 0 Å². The van der Waals surface area contributed by atoms with Crippen LogP contribution in [0.15, 0.2) is 18.2 Å². The third-order valence-electron chi connectivity index (χ3n) is 3.94.